The van der Waals surface area contributed by atoms with Gasteiger partial charge in [-0.1, -0.05) is 30.3 Å². The minimum atomic E-state index is -3.88. The Kier molecular flexibility index (Phi) is 5.79. The molecule has 5 nitrogen and oxygen atoms in total. The molecule has 0 heterocycles. The molecule has 2 aromatic carbocycles. The normalized spacial score (nSPS) is 11.2. The van der Waals surface area contributed by atoms with E-state index in [1.54, 1.807) is 24.3 Å². The number of hydrogen-bond donors (Lipinski definition) is 2. The fourth-order valence-electron chi connectivity index (χ4n) is 1.76. The monoisotopic (exact) mass is 290 g/mol. The van der Waals surface area contributed by atoms with E-state index in [2.05, 4.69) is 0 Å². The molecular weight excluding hydrogens is 275 g/mol. The number of hydrogen-bond acceptors (Lipinski definition) is 5. The van der Waals surface area contributed by atoms with Crippen molar-refractivity contribution in [3.63, 3.8) is 0 Å². The fourth-order valence-corrected chi connectivity index (χ4v) is 3.00. The van der Waals surface area contributed by atoms with Crippen LogP contribution in [0.2, 0.25) is 0 Å². The topological polar surface area (TPSA) is 95.4 Å². The molecule has 4 N–H and O–H groups in total. The van der Waals surface area contributed by atoms with Crippen molar-refractivity contribution in [1.29, 1.82) is 0 Å². The third-order valence-electron chi connectivity index (χ3n) is 2.52. The average Bonchev–Trinajstić information content (AvgIpc) is 2.36. The van der Waals surface area contributed by atoms with E-state index in [1.165, 1.54) is 0 Å². The van der Waals surface area contributed by atoms with Crippen molar-refractivity contribution in [2.24, 2.45) is 5.73 Å². The summed E-state index contributed by atoms with van der Waals surface area (Å²) in [7, 11) is -3.88. The van der Waals surface area contributed by atoms with Crippen molar-refractivity contribution in [2.75, 3.05) is 18.9 Å². The first-order chi connectivity index (χ1) is 8.56. The third-order valence-corrected chi connectivity index (χ3v) is 3.95. The number of benzene rings is 2. The zero-order valence-electron chi connectivity index (χ0n) is 9.67. The van der Waals surface area contributed by atoms with Gasteiger partial charge in [0.1, 0.15) is 4.90 Å². The second-order valence-electron chi connectivity index (χ2n) is 3.77. The van der Waals surface area contributed by atoms with E-state index in [0.717, 1.165) is 5.39 Å². The van der Waals surface area contributed by atoms with Gasteiger partial charge in [0, 0.05) is 11.9 Å². The van der Waals surface area contributed by atoms with Crippen LogP contribution < -0.4 is 11.5 Å². The molecule has 98 valence electrons. The Balaban J connectivity index is 0.00000180. The van der Waals surface area contributed by atoms with Gasteiger partial charge in [0.2, 0.25) is 0 Å². The molecule has 2 aromatic rings. The zero-order chi connectivity index (χ0) is 13.2. The Morgan fingerprint density at radius 3 is 2.47 bits per heavy atom. The molecule has 0 amide bonds. The third kappa shape index (κ3) is 3.47. The number of anilines is 1. The van der Waals surface area contributed by atoms with Gasteiger partial charge in [-0.05, 0) is 11.5 Å². The minimum absolute atomic E-state index is 0. The van der Waals surface area contributed by atoms with Gasteiger partial charge in [0.05, 0.1) is 12.3 Å². The molecule has 0 atom stereocenters. The summed E-state index contributed by atoms with van der Waals surface area (Å²) >= 11 is 0. The predicted molar refractivity (Wildman–Crippen MR) is 77.7 cm³/mol. The average molecular weight is 290 g/mol. The Morgan fingerprint density at radius 1 is 1.11 bits per heavy atom. The Morgan fingerprint density at radius 2 is 1.79 bits per heavy atom. The predicted octanol–water partition coefficient (Wildman–Crippen LogP) is 0.438. The van der Waals surface area contributed by atoms with E-state index in [-0.39, 0.29) is 53.3 Å². The van der Waals surface area contributed by atoms with Gasteiger partial charge in [-0.3, -0.25) is 4.18 Å². The van der Waals surface area contributed by atoms with Crippen molar-refractivity contribution in [3.05, 3.63) is 36.4 Å². The first kappa shape index (κ1) is 16.4. The molecule has 0 radical (unpaired) electrons. The molecule has 0 fully saturated rings. The zero-order valence-corrected chi connectivity index (χ0v) is 10.5. The van der Waals surface area contributed by atoms with E-state index < -0.39 is 10.1 Å². The second kappa shape index (κ2) is 6.69. The molecule has 0 aliphatic rings. The maximum absolute atomic E-state index is 12.1. The molecule has 19 heavy (non-hydrogen) atoms. The molecule has 0 aliphatic heterocycles. The quantitative estimate of drug-likeness (QED) is 0.484. The van der Waals surface area contributed by atoms with Crippen LogP contribution in [0.5, 0.6) is 0 Å². The number of rotatable bonds is 4. The summed E-state index contributed by atoms with van der Waals surface area (Å²) < 4.78 is 29.0. The van der Waals surface area contributed by atoms with E-state index >= 15 is 0 Å². The van der Waals surface area contributed by atoms with E-state index in [0.29, 0.717) is 5.39 Å². The first-order valence-electron chi connectivity index (χ1n) is 5.43. The van der Waals surface area contributed by atoms with Gasteiger partial charge in [-0.25, -0.2) is 0 Å². The fraction of sp³-hybridized carbons (Fsp3) is 0.167. The van der Waals surface area contributed by atoms with Crippen LogP contribution in [-0.4, -0.2) is 51.1 Å². The Labute approximate surface area is 134 Å². The van der Waals surface area contributed by atoms with Crippen molar-refractivity contribution < 1.29 is 12.6 Å². The summed E-state index contributed by atoms with van der Waals surface area (Å²) in [6.07, 6.45) is 0. The first-order valence-corrected chi connectivity index (χ1v) is 6.84. The van der Waals surface area contributed by atoms with Gasteiger partial charge in [0.25, 0.3) is 10.1 Å². The van der Waals surface area contributed by atoms with Crippen LogP contribution in [0.15, 0.2) is 41.3 Å². The van der Waals surface area contributed by atoms with Crippen molar-refractivity contribution in [3.8, 4) is 0 Å². The van der Waals surface area contributed by atoms with Crippen molar-refractivity contribution >= 4 is 56.1 Å². The van der Waals surface area contributed by atoms with Gasteiger partial charge in [-0.15, -0.1) is 0 Å². The summed E-state index contributed by atoms with van der Waals surface area (Å²) in [5, 5.41) is 1.34. The van der Waals surface area contributed by atoms with Gasteiger partial charge >= 0.3 is 29.6 Å². The molecular formula is C12H15N2NaO3S. The molecule has 0 aromatic heterocycles. The van der Waals surface area contributed by atoms with Gasteiger partial charge < -0.3 is 11.5 Å². The number of nitrogens with two attached hydrogens (primary N) is 2. The van der Waals surface area contributed by atoms with Crippen LogP contribution in [0.3, 0.4) is 0 Å². The molecule has 7 heteroatoms. The molecule has 0 aliphatic carbocycles. The van der Waals surface area contributed by atoms with Gasteiger partial charge in [0.15, 0.2) is 0 Å². The number of nitrogen functional groups attached to an aromatic ring is 1. The van der Waals surface area contributed by atoms with Crippen LogP contribution in [0.1, 0.15) is 0 Å². The second-order valence-corrected chi connectivity index (χ2v) is 5.32. The van der Waals surface area contributed by atoms with Crippen LogP contribution in [0.25, 0.3) is 10.8 Å². The summed E-state index contributed by atoms with van der Waals surface area (Å²) in [6, 6.07) is 10.4. The summed E-state index contributed by atoms with van der Waals surface area (Å²) in [4.78, 5) is 0.00838. The van der Waals surface area contributed by atoms with E-state index in [1.807, 2.05) is 12.1 Å². The van der Waals surface area contributed by atoms with Crippen LogP contribution >= 0.6 is 0 Å². The molecule has 0 unspecified atom stereocenters. The van der Waals surface area contributed by atoms with E-state index in [4.69, 9.17) is 15.7 Å². The molecule has 0 saturated heterocycles. The Hall–Kier alpha value is -0.630. The maximum atomic E-state index is 12.1. The summed E-state index contributed by atoms with van der Waals surface area (Å²) in [5.74, 6) is 0. The van der Waals surface area contributed by atoms with Gasteiger partial charge in [-0.2, -0.15) is 8.42 Å². The summed E-state index contributed by atoms with van der Waals surface area (Å²) in [5.41, 5.74) is 11.2. The van der Waals surface area contributed by atoms with Crippen molar-refractivity contribution in [1.82, 2.24) is 0 Å². The van der Waals surface area contributed by atoms with Crippen LogP contribution in [0.4, 0.5) is 5.69 Å². The van der Waals surface area contributed by atoms with Crippen LogP contribution in [-0.2, 0) is 14.3 Å². The molecule has 2 rings (SSSR count). The van der Waals surface area contributed by atoms with E-state index in [9.17, 15) is 8.42 Å². The SMILES string of the molecule is NCCOS(=O)(=O)c1c(N)ccc2ccccc12.[NaH]. The molecule has 0 bridgehead atoms. The van der Waals surface area contributed by atoms with Crippen molar-refractivity contribution in [2.45, 2.75) is 4.90 Å². The standard InChI is InChI=1S/C12H14N2O3S.Na.H/c13-7-8-17-18(15,16)12-10-4-2-1-3-9(10)5-6-11(12)14;;/h1-6H,7-8,13-14H2;;. The van der Waals surface area contributed by atoms with Crippen LogP contribution in [0, 0.1) is 0 Å². The molecule has 0 saturated carbocycles. The number of fused-ring (bicyclic) bond motifs is 1. The molecule has 0 spiro atoms. The Bertz CT molecular complexity index is 674. The summed E-state index contributed by atoms with van der Waals surface area (Å²) in [6.45, 7) is 0.0644.